The smallest absolute Gasteiger partial charge is 0.178 e. The van der Waals surface area contributed by atoms with E-state index in [9.17, 15) is 0 Å². The Labute approximate surface area is 160 Å². The van der Waals surface area contributed by atoms with Gasteiger partial charge in [0.2, 0.25) is 0 Å². The number of imidazole rings is 1. The Bertz CT molecular complexity index is 1250. The monoisotopic (exact) mass is 370 g/mol. The topological polar surface area (TPSA) is 108 Å². The van der Waals surface area contributed by atoms with Crippen LogP contribution in [0, 0.1) is 0 Å². The van der Waals surface area contributed by atoms with E-state index in [4.69, 9.17) is 0 Å². The van der Waals surface area contributed by atoms with E-state index in [2.05, 4.69) is 54.3 Å². The minimum atomic E-state index is 0.328. The van der Waals surface area contributed by atoms with Crippen LogP contribution in [0.25, 0.3) is 44.8 Å². The van der Waals surface area contributed by atoms with Crippen molar-refractivity contribution < 1.29 is 0 Å². The van der Waals surface area contributed by atoms with Crippen molar-refractivity contribution in [2.24, 2.45) is 0 Å². The first-order valence-corrected chi connectivity index (χ1v) is 9.04. The molecular weight excluding hydrogens is 352 g/mol. The summed E-state index contributed by atoms with van der Waals surface area (Å²) in [5.41, 5.74) is 5.84. The van der Waals surface area contributed by atoms with Crippen LogP contribution in [0.3, 0.4) is 0 Å². The summed E-state index contributed by atoms with van der Waals surface area (Å²) in [4.78, 5) is 21.0. The third kappa shape index (κ3) is 2.84. The molecule has 0 aromatic carbocycles. The fourth-order valence-electron chi connectivity index (χ4n) is 3.20. The van der Waals surface area contributed by atoms with Crippen molar-refractivity contribution in [1.82, 2.24) is 35.1 Å². The third-order valence-corrected chi connectivity index (χ3v) is 4.42. The highest BCUT2D eigenvalue weighted by molar-refractivity contribution is 5.94. The molecule has 8 nitrogen and oxygen atoms in total. The number of pyridine rings is 3. The summed E-state index contributed by atoms with van der Waals surface area (Å²) in [6, 6.07) is 8.20. The molecule has 3 N–H and O–H groups in total. The van der Waals surface area contributed by atoms with Crippen LogP contribution in [0.2, 0.25) is 0 Å². The second kappa shape index (κ2) is 6.41. The number of rotatable bonds is 4. The molecule has 5 heterocycles. The first kappa shape index (κ1) is 16.4. The lowest BCUT2D eigenvalue weighted by Gasteiger charge is -2.10. The molecule has 138 valence electrons. The fraction of sp³-hybridized carbons (Fsp3) is 0.150. The molecule has 8 heteroatoms. The van der Waals surface area contributed by atoms with E-state index in [1.807, 2.05) is 36.7 Å². The Morgan fingerprint density at radius 3 is 2.82 bits per heavy atom. The van der Waals surface area contributed by atoms with Crippen LogP contribution in [0.5, 0.6) is 0 Å². The highest BCUT2D eigenvalue weighted by Gasteiger charge is 2.14. The second-order valence-electron chi connectivity index (χ2n) is 6.91. The van der Waals surface area contributed by atoms with Crippen LogP contribution >= 0.6 is 0 Å². The minimum Gasteiger partial charge on any atom is -0.382 e. The van der Waals surface area contributed by atoms with Gasteiger partial charge in [0.1, 0.15) is 5.69 Å². The second-order valence-corrected chi connectivity index (χ2v) is 6.91. The van der Waals surface area contributed by atoms with Crippen molar-refractivity contribution >= 4 is 27.8 Å². The molecule has 0 amide bonds. The summed E-state index contributed by atoms with van der Waals surface area (Å²) in [7, 11) is 0. The third-order valence-electron chi connectivity index (χ3n) is 4.42. The summed E-state index contributed by atoms with van der Waals surface area (Å²) < 4.78 is 0. The van der Waals surface area contributed by atoms with Gasteiger partial charge in [-0.05, 0) is 38.1 Å². The lowest BCUT2D eigenvalue weighted by atomic mass is 10.1. The van der Waals surface area contributed by atoms with Crippen LogP contribution in [0.1, 0.15) is 13.8 Å². The van der Waals surface area contributed by atoms with Gasteiger partial charge >= 0.3 is 0 Å². The zero-order valence-electron chi connectivity index (χ0n) is 15.4. The Morgan fingerprint density at radius 2 is 1.96 bits per heavy atom. The average molecular weight is 370 g/mol. The van der Waals surface area contributed by atoms with Gasteiger partial charge in [-0.2, -0.15) is 5.10 Å². The van der Waals surface area contributed by atoms with Crippen molar-refractivity contribution in [2.45, 2.75) is 19.9 Å². The van der Waals surface area contributed by atoms with Crippen LogP contribution in [-0.4, -0.2) is 41.2 Å². The molecule has 28 heavy (non-hydrogen) atoms. The molecule has 5 rings (SSSR count). The largest absolute Gasteiger partial charge is 0.382 e. The number of hydrogen-bond acceptors (Lipinski definition) is 6. The number of aromatic amines is 2. The van der Waals surface area contributed by atoms with Gasteiger partial charge < -0.3 is 10.3 Å². The quantitative estimate of drug-likeness (QED) is 0.444. The molecule has 0 fully saturated rings. The van der Waals surface area contributed by atoms with E-state index >= 15 is 0 Å². The van der Waals surface area contributed by atoms with Gasteiger partial charge in [-0.25, -0.2) is 9.97 Å². The highest BCUT2D eigenvalue weighted by atomic mass is 15.1. The molecule has 5 aromatic heterocycles. The molecule has 5 aromatic rings. The zero-order chi connectivity index (χ0) is 19.1. The standard InChI is InChI=1S/C20H18N8/c1-11(2)24-13-6-12(8-21-9-13)16-7-14-17(10-23-16)27-28-18(14)20-25-15-4-3-5-22-19(15)26-20/h3-11,24H,1-2H3,(H,27,28)(H,22,25,26). The predicted molar refractivity (Wildman–Crippen MR) is 109 cm³/mol. The number of fused-ring (bicyclic) bond motifs is 2. The van der Waals surface area contributed by atoms with Crippen molar-refractivity contribution in [3.63, 3.8) is 0 Å². The van der Waals surface area contributed by atoms with E-state index in [0.29, 0.717) is 17.5 Å². The lowest BCUT2D eigenvalue weighted by molar-refractivity contribution is 0.898. The molecule has 0 radical (unpaired) electrons. The van der Waals surface area contributed by atoms with Gasteiger partial charge in [-0.3, -0.25) is 15.1 Å². The van der Waals surface area contributed by atoms with Gasteiger partial charge in [0, 0.05) is 35.6 Å². The van der Waals surface area contributed by atoms with Crippen molar-refractivity contribution in [1.29, 1.82) is 0 Å². The SMILES string of the molecule is CC(C)Nc1cncc(-c2cc3c(-c4nc5ncccc5[nH]4)n[nH]c3cn2)c1. The van der Waals surface area contributed by atoms with E-state index in [-0.39, 0.29) is 0 Å². The van der Waals surface area contributed by atoms with Gasteiger partial charge in [-0.1, -0.05) is 0 Å². The molecule has 0 saturated heterocycles. The maximum Gasteiger partial charge on any atom is 0.178 e. The Morgan fingerprint density at radius 1 is 1.04 bits per heavy atom. The number of anilines is 1. The molecular formula is C20H18N8. The first-order valence-electron chi connectivity index (χ1n) is 9.04. The number of hydrogen-bond donors (Lipinski definition) is 3. The maximum absolute atomic E-state index is 4.57. The Kier molecular flexibility index (Phi) is 3.75. The van der Waals surface area contributed by atoms with Gasteiger partial charge in [0.05, 0.1) is 28.6 Å². The van der Waals surface area contributed by atoms with Gasteiger partial charge in [-0.15, -0.1) is 0 Å². The van der Waals surface area contributed by atoms with E-state index < -0.39 is 0 Å². The number of nitrogens with zero attached hydrogens (tertiary/aromatic N) is 5. The van der Waals surface area contributed by atoms with E-state index in [0.717, 1.165) is 39.1 Å². The van der Waals surface area contributed by atoms with Crippen molar-refractivity contribution in [3.05, 3.63) is 49.1 Å². The molecule has 0 spiro atoms. The molecule has 0 aliphatic rings. The predicted octanol–water partition coefficient (Wildman–Crippen LogP) is 3.78. The van der Waals surface area contributed by atoms with Crippen LogP contribution < -0.4 is 5.32 Å². The molecule has 0 saturated carbocycles. The van der Waals surface area contributed by atoms with Crippen LogP contribution in [0.15, 0.2) is 49.1 Å². The van der Waals surface area contributed by atoms with Crippen LogP contribution in [-0.2, 0) is 0 Å². The fourth-order valence-corrected chi connectivity index (χ4v) is 3.20. The first-order chi connectivity index (χ1) is 13.7. The molecule has 0 atom stereocenters. The summed E-state index contributed by atoms with van der Waals surface area (Å²) >= 11 is 0. The summed E-state index contributed by atoms with van der Waals surface area (Å²) in [6.45, 7) is 4.19. The van der Waals surface area contributed by atoms with Crippen LogP contribution in [0.4, 0.5) is 5.69 Å². The van der Waals surface area contributed by atoms with Gasteiger partial charge in [0.15, 0.2) is 11.5 Å². The Balaban J connectivity index is 1.60. The number of aromatic nitrogens is 7. The van der Waals surface area contributed by atoms with Gasteiger partial charge in [0.25, 0.3) is 0 Å². The lowest BCUT2D eigenvalue weighted by Crippen LogP contribution is -2.09. The summed E-state index contributed by atoms with van der Waals surface area (Å²) in [6.07, 6.45) is 7.13. The average Bonchev–Trinajstić information content (AvgIpc) is 3.30. The van der Waals surface area contributed by atoms with Crippen molar-refractivity contribution in [2.75, 3.05) is 5.32 Å². The highest BCUT2D eigenvalue weighted by Crippen LogP contribution is 2.29. The molecule has 0 aliphatic carbocycles. The number of H-pyrrole nitrogens is 2. The minimum absolute atomic E-state index is 0.328. The zero-order valence-corrected chi connectivity index (χ0v) is 15.4. The maximum atomic E-state index is 4.57. The van der Waals surface area contributed by atoms with E-state index in [1.165, 1.54) is 0 Å². The molecule has 0 aliphatic heterocycles. The normalized spacial score (nSPS) is 11.5. The van der Waals surface area contributed by atoms with E-state index in [1.54, 1.807) is 12.4 Å². The summed E-state index contributed by atoms with van der Waals surface area (Å²) in [5.74, 6) is 0.672. The summed E-state index contributed by atoms with van der Waals surface area (Å²) in [5, 5.41) is 11.8. The Hall–Kier alpha value is -3.81. The molecule has 0 unspecified atom stereocenters. The number of nitrogens with one attached hydrogen (secondary N) is 3. The van der Waals surface area contributed by atoms with Crippen molar-refractivity contribution in [3.8, 4) is 22.8 Å². The molecule has 0 bridgehead atoms.